The van der Waals surface area contributed by atoms with E-state index in [1.807, 2.05) is 36.7 Å². The van der Waals surface area contributed by atoms with Crippen LogP contribution < -0.4 is 5.32 Å². The second-order valence-electron chi connectivity index (χ2n) is 5.46. The summed E-state index contributed by atoms with van der Waals surface area (Å²) in [5, 5.41) is 11.7. The van der Waals surface area contributed by atoms with Crippen LogP contribution in [0.4, 0.5) is 5.69 Å². The Hall–Kier alpha value is -3.13. The summed E-state index contributed by atoms with van der Waals surface area (Å²) in [5.41, 5.74) is 4.00. The van der Waals surface area contributed by atoms with Crippen LogP contribution in [0.1, 0.15) is 17.0 Å². The molecule has 1 heterocycles. The van der Waals surface area contributed by atoms with Crippen LogP contribution in [0.5, 0.6) is 0 Å². The van der Waals surface area contributed by atoms with E-state index in [-0.39, 0.29) is 12.3 Å². The summed E-state index contributed by atoms with van der Waals surface area (Å²) in [6.45, 7) is 1.95. The van der Waals surface area contributed by atoms with Gasteiger partial charge < -0.3 is 9.88 Å². The minimum Gasteiger partial charge on any atom is -0.331 e. The molecule has 1 N–H and O–H groups in total. The third-order valence-electron chi connectivity index (χ3n) is 3.81. The molecule has 1 amide bonds. The Bertz CT molecular complexity index is 934. The number of nitrogens with one attached hydrogen (secondary N) is 1. The number of fused-ring (bicyclic) bond motifs is 1. The number of benzene rings is 2. The van der Waals surface area contributed by atoms with E-state index >= 15 is 0 Å². The van der Waals surface area contributed by atoms with Crippen LogP contribution in [0.3, 0.4) is 0 Å². The topological polar surface area (TPSA) is 70.7 Å². The zero-order valence-corrected chi connectivity index (χ0v) is 13.0. The van der Waals surface area contributed by atoms with Crippen LogP contribution in [0, 0.1) is 18.3 Å². The smallest absolute Gasteiger partial charge is 0.228 e. The van der Waals surface area contributed by atoms with Crippen molar-refractivity contribution in [2.45, 2.75) is 13.3 Å². The Kier molecular flexibility index (Phi) is 3.82. The highest BCUT2D eigenvalue weighted by atomic mass is 16.1. The number of nitrogens with zero attached hydrogens (tertiary/aromatic N) is 3. The molecule has 1 aromatic heterocycles. The van der Waals surface area contributed by atoms with Crippen LogP contribution in [0.25, 0.3) is 11.0 Å². The predicted octanol–water partition coefficient (Wildman–Crippen LogP) is 2.93. The van der Waals surface area contributed by atoms with Gasteiger partial charge in [-0.2, -0.15) is 5.26 Å². The summed E-state index contributed by atoms with van der Waals surface area (Å²) in [7, 11) is 1.97. The van der Waals surface area contributed by atoms with Gasteiger partial charge in [0.25, 0.3) is 0 Å². The number of rotatable bonds is 3. The molecule has 3 rings (SSSR count). The van der Waals surface area contributed by atoms with Gasteiger partial charge in [-0.05, 0) is 42.8 Å². The van der Waals surface area contributed by atoms with Gasteiger partial charge in [-0.25, -0.2) is 4.98 Å². The zero-order chi connectivity index (χ0) is 16.4. The molecule has 0 fully saturated rings. The van der Waals surface area contributed by atoms with Gasteiger partial charge in [0.05, 0.1) is 29.1 Å². The summed E-state index contributed by atoms with van der Waals surface area (Å²) >= 11 is 0. The molecule has 5 heteroatoms. The van der Waals surface area contributed by atoms with Crippen molar-refractivity contribution in [1.29, 1.82) is 5.26 Å². The van der Waals surface area contributed by atoms with Crippen LogP contribution in [-0.2, 0) is 18.3 Å². The lowest BCUT2D eigenvalue weighted by Gasteiger charge is -2.06. The molecule has 114 valence electrons. The summed E-state index contributed by atoms with van der Waals surface area (Å²) in [4.78, 5) is 16.7. The van der Waals surface area contributed by atoms with E-state index in [1.54, 1.807) is 24.3 Å². The molecule has 0 aliphatic rings. The summed E-state index contributed by atoms with van der Waals surface area (Å²) in [5.74, 6) is 0.821. The van der Waals surface area contributed by atoms with Crippen molar-refractivity contribution in [1.82, 2.24) is 9.55 Å². The SMILES string of the molecule is Cc1nc2cc(CC(=O)Nc3cccc(C#N)c3)ccc2n1C. The van der Waals surface area contributed by atoms with Gasteiger partial charge in [-0.15, -0.1) is 0 Å². The molecule has 3 aromatic rings. The van der Waals surface area contributed by atoms with Gasteiger partial charge in [-0.3, -0.25) is 4.79 Å². The number of carbonyl (C=O) groups excluding carboxylic acids is 1. The van der Waals surface area contributed by atoms with Crippen LogP contribution >= 0.6 is 0 Å². The first kappa shape index (κ1) is 14.8. The lowest BCUT2D eigenvalue weighted by atomic mass is 10.1. The molecule has 0 aliphatic carbocycles. The number of hydrogen-bond acceptors (Lipinski definition) is 3. The summed E-state index contributed by atoms with van der Waals surface area (Å²) in [6.07, 6.45) is 0.266. The van der Waals surface area contributed by atoms with Crippen molar-refractivity contribution in [2.24, 2.45) is 7.05 Å². The minimum atomic E-state index is -0.118. The van der Waals surface area contributed by atoms with Crippen molar-refractivity contribution >= 4 is 22.6 Å². The maximum atomic E-state index is 12.2. The number of aromatic nitrogens is 2. The van der Waals surface area contributed by atoms with Crippen molar-refractivity contribution in [3.63, 3.8) is 0 Å². The van der Waals surface area contributed by atoms with E-state index in [4.69, 9.17) is 5.26 Å². The van der Waals surface area contributed by atoms with Crippen molar-refractivity contribution < 1.29 is 4.79 Å². The molecule has 0 atom stereocenters. The van der Waals surface area contributed by atoms with E-state index in [1.165, 1.54) is 0 Å². The average molecular weight is 304 g/mol. The number of nitriles is 1. The highest BCUT2D eigenvalue weighted by molar-refractivity contribution is 5.93. The Morgan fingerprint density at radius 1 is 1.30 bits per heavy atom. The molecule has 0 spiro atoms. The lowest BCUT2D eigenvalue weighted by Crippen LogP contribution is -2.14. The first-order chi connectivity index (χ1) is 11.1. The molecular weight excluding hydrogens is 288 g/mol. The quantitative estimate of drug-likeness (QED) is 0.808. The molecular formula is C18H16N4O. The summed E-state index contributed by atoms with van der Waals surface area (Å²) in [6, 6.07) is 14.8. The fourth-order valence-corrected chi connectivity index (χ4v) is 2.53. The zero-order valence-electron chi connectivity index (χ0n) is 13.0. The Morgan fingerprint density at radius 2 is 2.13 bits per heavy atom. The van der Waals surface area contributed by atoms with Gasteiger partial charge in [0, 0.05) is 12.7 Å². The van der Waals surface area contributed by atoms with Crippen LogP contribution in [-0.4, -0.2) is 15.5 Å². The van der Waals surface area contributed by atoms with Gasteiger partial charge in [0.15, 0.2) is 0 Å². The van der Waals surface area contributed by atoms with Crippen molar-refractivity contribution in [2.75, 3.05) is 5.32 Å². The number of imidazole rings is 1. The molecule has 0 bridgehead atoms. The largest absolute Gasteiger partial charge is 0.331 e. The highest BCUT2D eigenvalue weighted by Gasteiger charge is 2.08. The number of carbonyl (C=O) groups is 1. The number of hydrogen-bond donors (Lipinski definition) is 1. The van der Waals surface area contributed by atoms with Gasteiger partial charge in [-0.1, -0.05) is 12.1 Å². The molecule has 0 saturated carbocycles. The Labute approximate surface area is 134 Å². The Morgan fingerprint density at radius 3 is 2.91 bits per heavy atom. The van der Waals surface area contributed by atoms with Crippen LogP contribution in [0.15, 0.2) is 42.5 Å². The highest BCUT2D eigenvalue weighted by Crippen LogP contribution is 2.17. The standard InChI is InChI=1S/C18H16N4O/c1-12-20-16-9-13(6-7-17(16)22(12)2)10-18(23)21-15-5-3-4-14(8-15)11-19/h3-9H,10H2,1-2H3,(H,21,23). The lowest BCUT2D eigenvalue weighted by molar-refractivity contribution is -0.115. The van der Waals surface area contributed by atoms with Crippen molar-refractivity contribution in [3.05, 3.63) is 59.4 Å². The first-order valence-corrected chi connectivity index (χ1v) is 7.29. The van der Waals surface area contributed by atoms with Crippen LogP contribution in [0.2, 0.25) is 0 Å². The van der Waals surface area contributed by atoms with Crippen molar-refractivity contribution in [3.8, 4) is 6.07 Å². The van der Waals surface area contributed by atoms with E-state index in [2.05, 4.69) is 16.4 Å². The van der Waals surface area contributed by atoms with E-state index in [9.17, 15) is 4.79 Å². The Balaban J connectivity index is 1.76. The molecule has 0 aliphatic heterocycles. The van der Waals surface area contributed by atoms with Gasteiger partial charge in [0.2, 0.25) is 5.91 Å². The second kappa shape index (κ2) is 5.93. The minimum absolute atomic E-state index is 0.118. The number of amides is 1. The predicted molar refractivity (Wildman–Crippen MR) is 88.9 cm³/mol. The normalized spacial score (nSPS) is 10.5. The molecule has 0 unspecified atom stereocenters. The molecule has 5 nitrogen and oxygen atoms in total. The van der Waals surface area contributed by atoms with Gasteiger partial charge in [0.1, 0.15) is 5.82 Å². The number of anilines is 1. The fraction of sp³-hybridized carbons (Fsp3) is 0.167. The fourth-order valence-electron chi connectivity index (χ4n) is 2.53. The monoisotopic (exact) mass is 304 g/mol. The average Bonchev–Trinajstić information content (AvgIpc) is 2.81. The van der Waals surface area contributed by atoms with E-state index in [0.29, 0.717) is 11.3 Å². The summed E-state index contributed by atoms with van der Waals surface area (Å²) < 4.78 is 2.02. The first-order valence-electron chi connectivity index (χ1n) is 7.29. The molecule has 23 heavy (non-hydrogen) atoms. The molecule has 0 saturated heterocycles. The maximum Gasteiger partial charge on any atom is 0.228 e. The third kappa shape index (κ3) is 3.06. The van der Waals surface area contributed by atoms with Gasteiger partial charge >= 0.3 is 0 Å². The number of aryl methyl sites for hydroxylation is 2. The molecule has 0 radical (unpaired) electrons. The van der Waals surface area contributed by atoms with E-state index < -0.39 is 0 Å². The second-order valence-corrected chi connectivity index (χ2v) is 5.46. The third-order valence-corrected chi connectivity index (χ3v) is 3.81. The molecule has 2 aromatic carbocycles. The van der Waals surface area contributed by atoms with E-state index in [0.717, 1.165) is 22.4 Å². The maximum absolute atomic E-state index is 12.2.